The number of thioether (sulfide) groups is 1. The highest BCUT2D eigenvalue weighted by Crippen LogP contribution is 2.37. The lowest BCUT2D eigenvalue weighted by Crippen LogP contribution is -2.13. The molecule has 0 aliphatic heterocycles. The van der Waals surface area contributed by atoms with Crippen LogP contribution in [0.25, 0.3) is 0 Å². The molecule has 0 saturated carbocycles. The molecule has 124 valence electrons. The Hall–Kier alpha value is -1.84. The molecule has 0 saturated heterocycles. The number of thiophene rings is 1. The van der Waals surface area contributed by atoms with E-state index in [0.717, 1.165) is 36.1 Å². The lowest BCUT2D eigenvalue weighted by molar-refractivity contribution is -0.113. The van der Waals surface area contributed by atoms with E-state index in [4.69, 9.17) is 0 Å². The molecule has 0 spiro atoms. The van der Waals surface area contributed by atoms with Crippen LogP contribution in [0.3, 0.4) is 0 Å². The van der Waals surface area contributed by atoms with Gasteiger partial charge in [0.05, 0.1) is 11.3 Å². The summed E-state index contributed by atoms with van der Waals surface area (Å²) in [5.74, 6) is -0.196. The molecule has 0 unspecified atom stereocenters. The van der Waals surface area contributed by atoms with E-state index in [1.165, 1.54) is 46.5 Å². The van der Waals surface area contributed by atoms with Gasteiger partial charge in [0.25, 0.3) is 0 Å². The number of aryl methyl sites for hydroxylation is 1. The number of hydrogen-bond acceptors (Lipinski definition) is 4. The van der Waals surface area contributed by atoms with Crippen molar-refractivity contribution in [2.24, 2.45) is 0 Å². The Morgan fingerprint density at radius 1 is 1.25 bits per heavy atom. The second-order valence-electron chi connectivity index (χ2n) is 5.67. The summed E-state index contributed by atoms with van der Waals surface area (Å²) in [6.45, 7) is 0. The number of fused-ring (bicyclic) bond motifs is 1. The minimum Gasteiger partial charge on any atom is -0.316 e. The fourth-order valence-corrected chi connectivity index (χ4v) is 4.75. The fourth-order valence-electron chi connectivity index (χ4n) is 2.79. The van der Waals surface area contributed by atoms with Crippen LogP contribution in [-0.2, 0) is 17.6 Å². The number of anilines is 1. The smallest absolute Gasteiger partial charge is 0.235 e. The number of carbonyl (C=O) groups excluding carboxylic acids is 1. The van der Waals surface area contributed by atoms with Crippen LogP contribution in [0.2, 0.25) is 0 Å². The van der Waals surface area contributed by atoms with Gasteiger partial charge in [0.2, 0.25) is 5.91 Å². The van der Waals surface area contributed by atoms with Crippen molar-refractivity contribution in [1.29, 1.82) is 5.26 Å². The number of nitriles is 1. The third-order valence-electron chi connectivity index (χ3n) is 3.97. The first-order valence-electron chi connectivity index (χ1n) is 7.90. The summed E-state index contributed by atoms with van der Waals surface area (Å²) >= 11 is 2.89. The zero-order valence-electron chi connectivity index (χ0n) is 13.1. The van der Waals surface area contributed by atoms with Crippen molar-refractivity contribution in [2.45, 2.75) is 37.0 Å². The van der Waals surface area contributed by atoms with Gasteiger partial charge in [-0.3, -0.25) is 4.79 Å². The third-order valence-corrected chi connectivity index (χ3v) is 6.19. The standard InChI is InChI=1S/C18H17FN2OS2/c19-12-6-8-13(9-7-12)23-11-17(22)21-18-15(10-20)14-4-2-1-3-5-16(14)24-18/h6-9H,1-5,11H2,(H,21,22). The monoisotopic (exact) mass is 360 g/mol. The molecule has 1 heterocycles. The first-order chi connectivity index (χ1) is 11.7. The Balaban J connectivity index is 1.66. The van der Waals surface area contributed by atoms with Gasteiger partial charge in [0.15, 0.2) is 0 Å². The Labute approximate surface area is 148 Å². The van der Waals surface area contributed by atoms with Crippen molar-refractivity contribution < 1.29 is 9.18 Å². The molecule has 1 amide bonds. The van der Waals surface area contributed by atoms with E-state index >= 15 is 0 Å². The molecule has 1 N–H and O–H groups in total. The summed E-state index contributed by atoms with van der Waals surface area (Å²) in [5, 5.41) is 13.0. The van der Waals surface area contributed by atoms with Crippen LogP contribution in [0.1, 0.15) is 35.3 Å². The average Bonchev–Trinajstić information content (AvgIpc) is 2.74. The van der Waals surface area contributed by atoms with Crippen LogP contribution >= 0.6 is 23.1 Å². The average molecular weight is 360 g/mol. The molecular formula is C18H17FN2OS2. The van der Waals surface area contributed by atoms with Gasteiger partial charge in [0.1, 0.15) is 16.9 Å². The minimum atomic E-state index is -0.289. The van der Waals surface area contributed by atoms with Crippen molar-refractivity contribution in [3.8, 4) is 6.07 Å². The first kappa shape index (κ1) is 17.0. The highest BCUT2D eigenvalue weighted by molar-refractivity contribution is 8.00. The van der Waals surface area contributed by atoms with Gasteiger partial charge in [-0.1, -0.05) is 6.42 Å². The molecule has 1 aromatic heterocycles. The molecule has 0 fully saturated rings. The SMILES string of the molecule is N#Cc1c(NC(=O)CSc2ccc(F)cc2)sc2c1CCCCC2. The third kappa shape index (κ3) is 3.97. The van der Waals surface area contributed by atoms with Crippen molar-refractivity contribution in [3.63, 3.8) is 0 Å². The predicted octanol–water partition coefficient (Wildman–Crippen LogP) is 4.76. The van der Waals surface area contributed by atoms with Crippen LogP contribution in [-0.4, -0.2) is 11.7 Å². The molecule has 1 aliphatic rings. The van der Waals surface area contributed by atoms with E-state index in [-0.39, 0.29) is 17.5 Å². The Bertz CT molecular complexity index is 778. The van der Waals surface area contributed by atoms with E-state index < -0.39 is 0 Å². The highest BCUT2D eigenvalue weighted by Gasteiger charge is 2.20. The van der Waals surface area contributed by atoms with E-state index in [0.29, 0.717) is 10.6 Å². The van der Waals surface area contributed by atoms with Gasteiger partial charge >= 0.3 is 0 Å². The molecule has 0 radical (unpaired) electrons. The summed E-state index contributed by atoms with van der Waals surface area (Å²) in [7, 11) is 0. The second kappa shape index (κ2) is 7.82. The van der Waals surface area contributed by atoms with Gasteiger partial charge in [-0.25, -0.2) is 4.39 Å². The topological polar surface area (TPSA) is 52.9 Å². The quantitative estimate of drug-likeness (QED) is 0.632. The Kier molecular flexibility index (Phi) is 5.54. The number of hydrogen-bond donors (Lipinski definition) is 1. The van der Waals surface area contributed by atoms with Gasteiger partial charge in [0, 0.05) is 9.77 Å². The van der Waals surface area contributed by atoms with Crippen LogP contribution in [0.4, 0.5) is 9.39 Å². The summed E-state index contributed by atoms with van der Waals surface area (Å²) in [4.78, 5) is 14.3. The molecule has 1 aromatic carbocycles. The number of nitrogens with zero attached hydrogens (tertiary/aromatic N) is 1. The summed E-state index contributed by atoms with van der Waals surface area (Å²) in [6, 6.07) is 8.33. The summed E-state index contributed by atoms with van der Waals surface area (Å²) in [5.41, 5.74) is 1.76. The summed E-state index contributed by atoms with van der Waals surface area (Å²) < 4.78 is 12.9. The maximum Gasteiger partial charge on any atom is 0.235 e. The van der Waals surface area contributed by atoms with E-state index in [2.05, 4.69) is 11.4 Å². The van der Waals surface area contributed by atoms with Crippen molar-refractivity contribution in [2.75, 3.05) is 11.1 Å². The fraction of sp³-hybridized carbons (Fsp3) is 0.333. The van der Waals surface area contributed by atoms with E-state index in [1.807, 2.05) is 0 Å². The lowest BCUT2D eigenvalue weighted by atomic mass is 10.1. The van der Waals surface area contributed by atoms with Crippen LogP contribution < -0.4 is 5.32 Å². The molecular weight excluding hydrogens is 343 g/mol. The van der Waals surface area contributed by atoms with Gasteiger partial charge < -0.3 is 5.32 Å². The number of rotatable bonds is 4. The van der Waals surface area contributed by atoms with Crippen molar-refractivity contribution in [1.82, 2.24) is 0 Å². The molecule has 24 heavy (non-hydrogen) atoms. The van der Waals surface area contributed by atoms with Crippen LogP contribution in [0.15, 0.2) is 29.2 Å². The number of amides is 1. The maximum absolute atomic E-state index is 12.9. The van der Waals surface area contributed by atoms with Crippen LogP contribution in [0, 0.1) is 17.1 Å². The Morgan fingerprint density at radius 3 is 2.75 bits per heavy atom. The van der Waals surface area contributed by atoms with E-state index in [1.54, 1.807) is 12.1 Å². The molecule has 0 atom stereocenters. The van der Waals surface area contributed by atoms with E-state index in [9.17, 15) is 14.4 Å². The number of benzene rings is 1. The highest BCUT2D eigenvalue weighted by atomic mass is 32.2. The van der Waals surface area contributed by atoms with Crippen molar-refractivity contribution >= 4 is 34.0 Å². The molecule has 1 aliphatic carbocycles. The second-order valence-corrected chi connectivity index (χ2v) is 7.83. The summed E-state index contributed by atoms with van der Waals surface area (Å²) in [6.07, 6.45) is 5.37. The molecule has 6 heteroatoms. The zero-order valence-corrected chi connectivity index (χ0v) is 14.7. The van der Waals surface area contributed by atoms with Crippen molar-refractivity contribution in [3.05, 3.63) is 46.1 Å². The first-order valence-corrected chi connectivity index (χ1v) is 9.70. The predicted molar refractivity (Wildman–Crippen MR) is 96.0 cm³/mol. The molecule has 0 bridgehead atoms. The normalized spacial score (nSPS) is 13.7. The minimum absolute atomic E-state index is 0.141. The number of nitrogens with one attached hydrogen (secondary N) is 1. The van der Waals surface area contributed by atoms with Crippen LogP contribution in [0.5, 0.6) is 0 Å². The van der Waals surface area contributed by atoms with Gasteiger partial charge in [-0.2, -0.15) is 5.26 Å². The molecule has 3 rings (SSSR count). The molecule has 3 nitrogen and oxygen atoms in total. The largest absolute Gasteiger partial charge is 0.316 e. The Morgan fingerprint density at radius 2 is 2.00 bits per heavy atom. The number of carbonyl (C=O) groups is 1. The van der Waals surface area contributed by atoms with Gasteiger partial charge in [-0.05, 0) is 55.5 Å². The lowest BCUT2D eigenvalue weighted by Gasteiger charge is -2.04. The molecule has 2 aromatic rings. The maximum atomic E-state index is 12.9. The zero-order chi connectivity index (χ0) is 16.9. The van der Waals surface area contributed by atoms with Gasteiger partial charge in [-0.15, -0.1) is 23.1 Å². The number of halogens is 1.